The molecule has 1 saturated heterocycles. The van der Waals surface area contributed by atoms with Gasteiger partial charge in [-0.2, -0.15) is 13.2 Å². The minimum atomic E-state index is -4.68. The molecule has 4 aliphatic rings. The molecule has 2 aromatic rings. The van der Waals surface area contributed by atoms with Crippen LogP contribution in [0.5, 0.6) is 5.75 Å². The highest BCUT2D eigenvalue weighted by Crippen LogP contribution is 2.46. The minimum absolute atomic E-state index is 0.0543. The Bertz CT molecular complexity index is 1910. The number of benzene rings is 1. The fourth-order valence-corrected chi connectivity index (χ4v) is 8.32. The smallest absolute Gasteiger partial charge is 0.418 e. The Hall–Kier alpha value is -4.41. The quantitative estimate of drug-likeness (QED) is 0.358. The van der Waals surface area contributed by atoms with Gasteiger partial charge in [-0.05, 0) is 77.5 Å². The van der Waals surface area contributed by atoms with E-state index in [2.05, 4.69) is 20.3 Å². The summed E-state index contributed by atoms with van der Waals surface area (Å²) in [4.78, 5) is 60.3. The standard InChI is InChI=1S/C36H44F3N5O8S/c1-34(2,3)52-33(48)41-26-13-8-6-4-5-7-10-21-19-35(21,32(47)43-53(49,50)23-14-15-23)42-30(45)27-18-22(20-44(27)31(26)46)51-28-16-17-40-29-24(28)11-9-12-25(29)36(37,38)39/h7,9-12,16-17,21-23,26-27H,4-6,8,13-15,18-20H2,1-3H3,(H,41,48)(H,42,45)(H,43,47)/t21-,22-,26+,27+,35-/m1/s1. The van der Waals surface area contributed by atoms with E-state index in [0.717, 1.165) is 12.5 Å². The van der Waals surface area contributed by atoms with Crippen molar-refractivity contribution in [2.75, 3.05) is 6.54 Å². The van der Waals surface area contributed by atoms with Crippen LogP contribution in [0.3, 0.4) is 0 Å². The lowest BCUT2D eigenvalue weighted by Gasteiger charge is -2.30. The number of aromatic nitrogens is 1. The van der Waals surface area contributed by atoms with Crippen molar-refractivity contribution in [1.82, 2.24) is 25.2 Å². The molecule has 0 spiro atoms. The number of hydrogen-bond donors (Lipinski definition) is 3. The van der Waals surface area contributed by atoms with Crippen molar-refractivity contribution in [2.45, 2.75) is 119 Å². The van der Waals surface area contributed by atoms with Gasteiger partial charge < -0.3 is 25.0 Å². The van der Waals surface area contributed by atoms with Crippen LogP contribution < -0.4 is 20.1 Å². The average Bonchev–Trinajstić information content (AvgIpc) is 3.99. The summed E-state index contributed by atoms with van der Waals surface area (Å²) < 4.78 is 80.8. The molecule has 13 nitrogen and oxygen atoms in total. The number of carbonyl (C=O) groups excluding carboxylic acids is 4. The van der Waals surface area contributed by atoms with Gasteiger partial charge in [0.25, 0.3) is 5.91 Å². The SMILES string of the molecule is CC(C)(C)OC(=O)N[C@H]1CCCCCC=C[C@@H]2C[C@@]2(C(=O)NS(=O)(=O)C2CC2)NC(=O)[C@@H]2C[C@@H](Oc3ccnc4c(C(F)(F)F)cccc34)CN2C1=O. The molecular weight excluding hydrogens is 719 g/mol. The Kier molecular flexibility index (Phi) is 10.4. The summed E-state index contributed by atoms with van der Waals surface area (Å²) in [6.07, 6.45) is 2.13. The van der Waals surface area contributed by atoms with E-state index in [1.54, 1.807) is 26.8 Å². The molecule has 0 bridgehead atoms. The van der Waals surface area contributed by atoms with Crippen molar-refractivity contribution in [1.29, 1.82) is 0 Å². The second-order valence-corrected chi connectivity index (χ2v) is 17.2. The molecule has 2 saturated carbocycles. The van der Waals surface area contributed by atoms with E-state index in [1.165, 1.54) is 29.3 Å². The van der Waals surface area contributed by atoms with Crippen molar-refractivity contribution in [3.05, 3.63) is 48.2 Å². The molecule has 1 aromatic heterocycles. The van der Waals surface area contributed by atoms with Crippen molar-refractivity contribution < 1.29 is 50.2 Å². The highest BCUT2D eigenvalue weighted by atomic mass is 32.2. The number of ether oxygens (including phenoxy) is 2. The number of halogens is 3. The molecule has 6 rings (SSSR count). The fourth-order valence-electron chi connectivity index (χ4n) is 6.96. The predicted molar refractivity (Wildman–Crippen MR) is 186 cm³/mol. The minimum Gasteiger partial charge on any atom is -0.488 e. The van der Waals surface area contributed by atoms with Gasteiger partial charge in [0.05, 0.1) is 22.9 Å². The zero-order chi connectivity index (χ0) is 38.3. The number of allylic oxidation sites excluding steroid dienone is 1. The van der Waals surface area contributed by atoms with Crippen LogP contribution in [0.4, 0.5) is 18.0 Å². The number of nitrogens with zero attached hydrogens (tertiary/aromatic N) is 2. The van der Waals surface area contributed by atoms with Gasteiger partial charge in [-0.15, -0.1) is 0 Å². The summed E-state index contributed by atoms with van der Waals surface area (Å²) in [5.74, 6) is -2.68. The molecule has 53 heavy (non-hydrogen) atoms. The van der Waals surface area contributed by atoms with Gasteiger partial charge in [-0.3, -0.25) is 24.1 Å². The molecule has 2 aliphatic carbocycles. The maximum atomic E-state index is 14.4. The molecular formula is C36H44F3N5O8S. The first-order valence-electron chi connectivity index (χ1n) is 17.8. The maximum Gasteiger partial charge on any atom is 0.418 e. The van der Waals surface area contributed by atoms with Crippen LogP contribution in [0.1, 0.15) is 84.1 Å². The van der Waals surface area contributed by atoms with Crippen LogP contribution >= 0.6 is 0 Å². The number of rotatable bonds is 6. The summed E-state index contributed by atoms with van der Waals surface area (Å²) in [6, 6.07) is 2.61. The second kappa shape index (κ2) is 14.4. The van der Waals surface area contributed by atoms with Crippen LogP contribution in [-0.4, -0.2) is 83.2 Å². The Morgan fingerprint density at radius 2 is 1.81 bits per heavy atom. The molecule has 2 aliphatic heterocycles. The van der Waals surface area contributed by atoms with E-state index >= 15 is 0 Å². The van der Waals surface area contributed by atoms with Crippen LogP contribution in [-0.2, 0) is 35.3 Å². The number of fused-ring (bicyclic) bond motifs is 3. The number of carbonyl (C=O) groups is 4. The maximum absolute atomic E-state index is 14.4. The highest BCUT2D eigenvalue weighted by molar-refractivity contribution is 7.91. The fraction of sp³-hybridized carbons (Fsp3) is 0.583. The third-order valence-corrected chi connectivity index (χ3v) is 11.7. The zero-order valence-electron chi connectivity index (χ0n) is 29.7. The number of pyridine rings is 1. The van der Waals surface area contributed by atoms with E-state index in [1.807, 2.05) is 6.08 Å². The molecule has 5 atom stereocenters. The first kappa shape index (κ1) is 38.3. The van der Waals surface area contributed by atoms with Gasteiger partial charge >= 0.3 is 12.3 Å². The summed E-state index contributed by atoms with van der Waals surface area (Å²) in [5.41, 5.74) is -3.74. The third kappa shape index (κ3) is 8.71. The number of alkyl halides is 3. The number of alkyl carbamates (subject to hydrolysis) is 1. The lowest BCUT2D eigenvalue weighted by Crippen LogP contribution is -2.58. The van der Waals surface area contributed by atoms with E-state index in [0.29, 0.717) is 32.1 Å². The lowest BCUT2D eigenvalue weighted by atomic mass is 10.0. The van der Waals surface area contributed by atoms with Gasteiger partial charge in [0, 0.05) is 23.9 Å². The molecule has 4 amide bonds. The summed E-state index contributed by atoms with van der Waals surface area (Å²) in [5, 5.41) is 4.82. The van der Waals surface area contributed by atoms with Crippen LogP contribution in [0, 0.1) is 5.92 Å². The number of hydrogen-bond acceptors (Lipinski definition) is 9. The molecule has 0 radical (unpaired) electrons. The van der Waals surface area contributed by atoms with E-state index in [4.69, 9.17) is 9.47 Å². The summed E-state index contributed by atoms with van der Waals surface area (Å²) >= 11 is 0. The van der Waals surface area contributed by atoms with E-state index in [9.17, 15) is 40.8 Å². The number of nitrogens with one attached hydrogen (secondary N) is 3. The Morgan fingerprint density at radius 1 is 1.06 bits per heavy atom. The molecule has 3 heterocycles. The normalized spacial score (nSPS) is 27.1. The van der Waals surface area contributed by atoms with Crippen LogP contribution in [0.2, 0.25) is 0 Å². The number of para-hydroxylation sites is 1. The Morgan fingerprint density at radius 3 is 2.51 bits per heavy atom. The first-order valence-corrected chi connectivity index (χ1v) is 19.4. The van der Waals surface area contributed by atoms with Crippen molar-refractivity contribution >= 4 is 44.7 Å². The van der Waals surface area contributed by atoms with Crippen LogP contribution in [0.25, 0.3) is 10.9 Å². The second-order valence-electron chi connectivity index (χ2n) is 15.2. The first-order chi connectivity index (χ1) is 24.9. The molecule has 0 unspecified atom stereocenters. The number of amides is 4. The largest absolute Gasteiger partial charge is 0.488 e. The molecule has 17 heteroatoms. The van der Waals surface area contributed by atoms with E-state index in [-0.39, 0.29) is 42.5 Å². The molecule has 3 fully saturated rings. The molecule has 3 N–H and O–H groups in total. The summed E-state index contributed by atoms with van der Waals surface area (Å²) in [6.45, 7) is 4.84. The Labute approximate surface area is 305 Å². The highest BCUT2D eigenvalue weighted by Gasteiger charge is 2.62. The average molecular weight is 764 g/mol. The third-order valence-electron chi connectivity index (χ3n) is 9.86. The topological polar surface area (TPSA) is 173 Å². The van der Waals surface area contributed by atoms with Crippen molar-refractivity contribution in [3.63, 3.8) is 0 Å². The monoisotopic (exact) mass is 763 g/mol. The van der Waals surface area contributed by atoms with E-state index < -0.39 is 86.1 Å². The summed E-state index contributed by atoms with van der Waals surface area (Å²) in [7, 11) is -3.95. The van der Waals surface area contributed by atoms with Gasteiger partial charge in [0.15, 0.2) is 0 Å². The molecule has 288 valence electrons. The zero-order valence-corrected chi connectivity index (χ0v) is 30.5. The van der Waals surface area contributed by atoms with Gasteiger partial charge in [0.1, 0.15) is 35.1 Å². The van der Waals surface area contributed by atoms with Gasteiger partial charge in [0.2, 0.25) is 21.8 Å². The van der Waals surface area contributed by atoms with Crippen molar-refractivity contribution in [3.8, 4) is 5.75 Å². The van der Waals surface area contributed by atoms with Crippen molar-refractivity contribution in [2.24, 2.45) is 5.92 Å². The molecule has 1 aromatic carbocycles. The predicted octanol–water partition coefficient (Wildman–Crippen LogP) is 4.50. The lowest BCUT2D eigenvalue weighted by molar-refractivity contribution is -0.141. The number of sulfonamides is 1. The van der Waals surface area contributed by atoms with Gasteiger partial charge in [-0.25, -0.2) is 13.2 Å². The Balaban J connectivity index is 1.32. The van der Waals surface area contributed by atoms with Crippen LogP contribution in [0.15, 0.2) is 42.6 Å². The van der Waals surface area contributed by atoms with Gasteiger partial charge in [-0.1, -0.05) is 31.1 Å².